The number of hydrogen-bond donors (Lipinski definition) is 0. The van der Waals surface area contributed by atoms with Crippen molar-refractivity contribution in [3.05, 3.63) is 96.1 Å². The molecule has 0 bridgehead atoms. The zero-order chi connectivity index (χ0) is 34.5. The van der Waals surface area contributed by atoms with Gasteiger partial charge in [-0.1, -0.05) is 108 Å². The Balaban J connectivity index is 1.18. The van der Waals surface area contributed by atoms with Gasteiger partial charge in [0.25, 0.3) is 0 Å². The van der Waals surface area contributed by atoms with Gasteiger partial charge < -0.3 is 9.47 Å². The van der Waals surface area contributed by atoms with Crippen LogP contribution >= 0.6 is 22.7 Å². The molecule has 0 fully saturated rings. The maximum atomic E-state index is 6.42. The minimum Gasteiger partial charge on any atom is -0.490 e. The number of rotatable bonds is 16. The molecule has 7 aromatic rings. The fraction of sp³-hybridized carbons (Fsp3) is 0.348. The number of aryl methyl sites for hydroxylation is 2. The highest BCUT2D eigenvalue weighted by molar-refractivity contribution is 7.22. The van der Waals surface area contributed by atoms with Crippen molar-refractivity contribution in [1.29, 1.82) is 0 Å². The monoisotopic (exact) mass is 698 g/mol. The largest absolute Gasteiger partial charge is 0.490 e. The van der Waals surface area contributed by atoms with Crippen LogP contribution in [0, 0.1) is 13.8 Å². The molecule has 258 valence electrons. The van der Waals surface area contributed by atoms with Crippen LogP contribution in [0.25, 0.3) is 62.6 Å². The van der Waals surface area contributed by atoms with E-state index in [4.69, 9.17) is 9.47 Å². The summed E-state index contributed by atoms with van der Waals surface area (Å²) in [7, 11) is 0. The summed E-state index contributed by atoms with van der Waals surface area (Å²) in [5, 5.41) is 7.93. The average molecular weight is 699 g/mol. The van der Waals surface area contributed by atoms with Crippen LogP contribution in [0.1, 0.15) is 89.2 Å². The molecule has 0 saturated carbocycles. The molecule has 0 radical (unpaired) electrons. The quantitative estimate of drug-likeness (QED) is 0.0739. The molecule has 0 aliphatic carbocycles. The molecule has 5 aromatic carbocycles. The van der Waals surface area contributed by atoms with E-state index < -0.39 is 0 Å². The first-order valence-electron chi connectivity index (χ1n) is 18.8. The van der Waals surface area contributed by atoms with Crippen molar-refractivity contribution in [2.24, 2.45) is 0 Å². The Kier molecular flexibility index (Phi) is 11.1. The van der Waals surface area contributed by atoms with Crippen LogP contribution in [0.3, 0.4) is 0 Å². The molecule has 2 heterocycles. The van der Waals surface area contributed by atoms with Crippen molar-refractivity contribution >= 4 is 64.4 Å². The van der Waals surface area contributed by atoms with E-state index in [-0.39, 0.29) is 0 Å². The van der Waals surface area contributed by atoms with Crippen molar-refractivity contribution in [1.82, 2.24) is 0 Å². The Labute approximate surface area is 306 Å². The SMILES string of the molecule is CCCCCCCOc1ccc(-c2cc3c(ccc4c3ccc3c5cc(-c6ccc(C)c(C)c6)sc5ccc34)s2)cc1OCCCCCCC. The highest BCUT2D eigenvalue weighted by Crippen LogP contribution is 2.44. The Hall–Kier alpha value is -3.86. The van der Waals surface area contributed by atoms with E-state index >= 15 is 0 Å². The van der Waals surface area contributed by atoms with E-state index in [1.165, 1.54) is 125 Å². The topological polar surface area (TPSA) is 18.5 Å². The molecule has 50 heavy (non-hydrogen) atoms. The lowest BCUT2D eigenvalue weighted by Crippen LogP contribution is -2.03. The minimum atomic E-state index is 0.730. The standard InChI is InChI=1S/C46H50O2S2/c1-5-7-9-11-13-25-47-41-22-17-34(28-42(41)48-26-14-12-10-8-6-2)46-30-40-38-19-18-37-35(36(38)21-24-44(40)50-46)20-23-43-39(37)29-45(49-43)33-16-15-31(3)32(4)27-33/h15-24,27-30H,5-14,25-26H2,1-4H3. The normalized spacial score (nSPS) is 11.8. The summed E-state index contributed by atoms with van der Waals surface area (Å²) in [6.07, 6.45) is 12.3. The molecular formula is C46H50O2S2. The molecule has 0 N–H and O–H groups in total. The van der Waals surface area contributed by atoms with Crippen molar-refractivity contribution < 1.29 is 9.47 Å². The average Bonchev–Trinajstić information content (AvgIpc) is 3.78. The van der Waals surface area contributed by atoms with E-state index in [2.05, 4.69) is 113 Å². The fourth-order valence-electron chi connectivity index (χ4n) is 7.11. The Bertz CT molecular complexity index is 2240. The van der Waals surface area contributed by atoms with Crippen LogP contribution in [0.5, 0.6) is 11.5 Å². The molecule has 7 rings (SSSR count). The van der Waals surface area contributed by atoms with Crippen LogP contribution in [0.4, 0.5) is 0 Å². The molecule has 0 aliphatic heterocycles. The summed E-state index contributed by atoms with van der Waals surface area (Å²) in [5.74, 6) is 1.75. The van der Waals surface area contributed by atoms with Crippen LogP contribution in [-0.4, -0.2) is 13.2 Å². The molecular weight excluding hydrogens is 649 g/mol. The number of benzene rings is 5. The van der Waals surface area contributed by atoms with Crippen LogP contribution in [0.2, 0.25) is 0 Å². The molecule has 2 aromatic heterocycles. The van der Waals surface area contributed by atoms with Crippen molar-refractivity contribution in [3.8, 4) is 32.4 Å². The third kappa shape index (κ3) is 7.43. The van der Waals surface area contributed by atoms with Crippen LogP contribution in [-0.2, 0) is 0 Å². The molecule has 0 amide bonds. The lowest BCUT2D eigenvalue weighted by molar-refractivity contribution is 0.258. The summed E-state index contributed by atoms with van der Waals surface area (Å²) in [6.45, 7) is 10.4. The fourth-order valence-corrected chi connectivity index (χ4v) is 9.26. The lowest BCUT2D eigenvalue weighted by Gasteiger charge is -2.14. The lowest BCUT2D eigenvalue weighted by atomic mass is 9.97. The van der Waals surface area contributed by atoms with Gasteiger partial charge in [-0.25, -0.2) is 0 Å². The van der Waals surface area contributed by atoms with E-state index in [9.17, 15) is 0 Å². The molecule has 2 nitrogen and oxygen atoms in total. The maximum absolute atomic E-state index is 6.42. The van der Waals surface area contributed by atoms with Gasteiger partial charge in [0.05, 0.1) is 13.2 Å². The van der Waals surface area contributed by atoms with Gasteiger partial charge in [-0.05, 0) is 113 Å². The summed E-state index contributed by atoms with van der Waals surface area (Å²) in [6, 6.07) is 32.1. The van der Waals surface area contributed by atoms with E-state index in [1.807, 2.05) is 22.7 Å². The van der Waals surface area contributed by atoms with Crippen molar-refractivity contribution in [2.75, 3.05) is 13.2 Å². The van der Waals surface area contributed by atoms with Gasteiger partial charge >= 0.3 is 0 Å². The van der Waals surface area contributed by atoms with Crippen LogP contribution < -0.4 is 9.47 Å². The van der Waals surface area contributed by atoms with Gasteiger partial charge in [-0.2, -0.15) is 0 Å². The molecule has 0 saturated heterocycles. The summed E-state index contributed by atoms with van der Waals surface area (Å²) in [4.78, 5) is 2.59. The van der Waals surface area contributed by atoms with E-state index in [0.29, 0.717) is 0 Å². The molecule has 0 unspecified atom stereocenters. The van der Waals surface area contributed by atoms with Crippen molar-refractivity contribution in [2.45, 2.75) is 91.9 Å². The third-order valence-corrected chi connectivity index (χ3v) is 12.5. The third-order valence-electron chi connectivity index (χ3n) is 10.2. The first-order chi connectivity index (χ1) is 24.5. The van der Waals surface area contributed by atoms with Gasteiger partial charge in [0.1, 0.15) is 0 Å². The Morgan fingerprint density at radius 1 is 0.420 bits per heavy atom. The van der Waals surface area contributed by atoms with Gasteiger partial charge in [0, 0.05) is 29.9 Å². The summed E-state index contributed by atoms with van der Waals surface area (Å²) >= 11 is 3.75. The Morgan fingerprint density at radius 2 is 0.900 bits per heavy atom. The minimum absolute atomic E-state index is 0.730. The van der Waals surface area contributed by atoms with Gasteiger partial charge in [-0.15, -0.1) is 22.7 Å². The highest BCUT2D eigenvalue weighted by Gasteiger charge is 2.15. The van der Waals surface area contributed by atoms with Crippen LogP contribution in [0.15, 0.2) is 84.9 Å². The predicted octanol–water partition coefficient (Wildman–Crippen LogP) is 15.1. The summed E-state index contributed by atoms with van der Waals surface area (Å²) in [5.41, 5.74) is 5.17. The van der Waals surface area contributed by atoms with Gasteiger partial charge in [0.2, 0.25) is 0 Å². The second kappa shape index (κ2) is 16.0. The first kappa shape index (κ1) is 34.6. The smallest absolute Gasteiger partial charge is 0.161 e. The number of unbranched alkanes of at least 4 members (excludes halogenated alkanes) is 8. The highest BCUT2D eigenvalue weighted by atomic mass is 32.1. The Morgan fingerprint density at radius 3 is 1.46 bits per heavy atom. The number of fused-ring (bicyclic) bond motifs is 7. The van der Waals surface area contributed by atoms with Gasteiger partial charge in [0.15, 0.2) is 11.5 Å². The molecule has 0 atom stereocenters. The molecule has 0 spiro atoms. The molecule has 4 heteroatoms. The zero-order valence-electron chi connectivity index (χ0n) is 30.2. The molecule has 0 aliphatic rings. The van der Waals surface area contributed by atoms with E-state index in [1.54, 1.807) is 0 Å². The zero-order valence-corrected chi connectivity index (χ0v) is 31.8. The van der Waals surface area contributed by atoms with Gasteiger partial charge in [-0.3, -0.25) is 0 Å². The van der Waals surface area contributed by atoms with Crippen molar-refractivity contribution in [3.63, 3.8) is 0 Å². The summed E-state index contributed by atoms with van der Waals surface area (Å²) < 4.78 is 15.4. The number of thiophene rings is 2. The number of ether oxygens (including phenoxy) is 2. The maximum Gasteiger partial charge on any atom is 0.161 e. The number of hydrogen-bond acceptors (Lipinski definition) is 4. The second-order valence-electron chi connectivity index (χ2n) is 13.9. The van der Waals surface area contributed by atoms with E-state index in [0.717, 1.165) is 37.6 Å². The second-order valence-corrected chi connectivity index (χ2v) is 16.1. The first-order valence-corrected chi connectivity index (χ1v) is 20.5. The predicted molar refractivity (Wildman–Crippen MR) is 221 cm³/mol.